The minimum absolute atomic E-state index is 0.131. The van der Waals surface area contributed by atoms with Crippen molar-refractivity contribution in [1.29, 1.82) is 0 Å². The van der Waals surface area contributed by atoms with Crippen LogP contribution in [0, 0.1) is 0 Å². The number of methoxy groups -OCH3 is 1. The highest BCUT2D eigenvalue weighted by Crippen LogP contribution is 2.23. The van der Waals surface area contributed by atoms with Gasteiger partial charge in [0.1, 0.15) is 17.0 Å². The molecule has 0 aliphatic rings. The molecule has 0 saturated heterocycles. The van der Waals surface area contributed by atoms with Crippen LogP contribution in [-0.4, -0.2) is 33.0 Å². The number of hydrogen-bond donors (Lipinski definition) is 1. The van der Waals surface area contributed by atoms with Gasteiger partial charge in [0, 0.05) is 18.0 Å². The zero-order valence-corrected chi connectivity index (χ0v) is 16.9. The number of rotatable bonds is 7. The van der Waals surface area contributed by atoms with Crippen LogP contribution in [0.4, 0.5) is 0 Å². The topological polar surface area (TPSA) is 78.0 Å². The summed E-state index contributed by atoms with van der Waals surface area (Å²) >= 11 is 0. The number of nitrogens with zero attached hydrogens (tertiary/aromatic N) is 3. The lowest BCUT2D eigenvalue weighted by Crippen LogP contribution is -2.24. The van der Waals surface area contributed by atoms with Crippen molar-refractivity contribution < 1.29 is 14.6 Å². The highest BCUT2D eigenvalue weighted by atomic mass is 16.5. The van der Waals surface area contributed by atoms with Crippen LogP contribution in [0.25, 0.3) is 16.8 Å². The molecule has 1 N–H and O–H groups in total. The molecule has 0 amide bonds. The van der Waals surface area contributed by atoms with Crippen LogP contribution in [-0.2, 0) is 6.54 Å². The van der Waals surface area contributed by atoms with Gasteiger partial charge in [0.15, 0.2) is 0 Å². The van der Waals surface area contributed by atoms with Crippen LogP contribution in [0.5, 0.6) is 11.5 Å². The van der Waals surface area contributed by atoms with Crippen molar-refractivity contribution in [2.24, 2.45) is 0 Å². The molecular weight excluding hydrogens is 382 g/mol. The van der Waals surface area contributed by atoms with Gasteiger partial charge in [-0.3, -0.25) is 4.79 Å². The fourth-order valence-electron chi connectivity index (χ4n) is 3.34. The Morgan fingerprint density at radius 2 is 1.87 bits per heavy atom. The van der Waals surface area contributed by atoms with Gasteiger partial charge >= 0.3 is 0 Å². The average Bonchev–Trinajstić information content (AvgIpc) is 3.21. The average molecular weight is 405 g/mol. The fraction of sp³-hybridized carbons (Fsp3) is 0.217. The van der Waals surface area contributed by atoms with Gasteiger partial charge in [-0.15, -0.1) is 0 Å². The van der Waals surface area contributed by atoms with Gasteiger partial charge in [0.2, 0.25) is 0 Å². The number of benzene rings is 2. The monoisotopic (exact) mass is 405 g/mol. The molecule has 0 aliphatic heterocycles. The molecule has 7 nitrogen and oxygen atoms in total. The van der Waals surface area contributed by atoms with Gasteiger partial charge in [-0.2, -0.15) is 5.10 Å². The van der Waals surface area contributed by atoms with Crippen molar-refractivity contribution in [2.45, 2.75) is 19.6 Å². The predicted octanol–water partition coefficient (Wildman–Crippen LogP) is 3.30. The quantitative estimate of drug-likeness (QED) is 0.510. The van der Waals surface area contributed by atoms with Crippen molar-refractivity contribution in [3.05, 3.63) is 82.9 Å². The van der Waals surface area contributed by atoms with Crippen LogP contribution < -0.4 is 15.0 Å². The summed E-state index contributed by atoms with van der Waals surface area (Å²) < 4.78 is 13.7. The predicted molar refractivity (Wildman–Crippen MR) is 114 cm³/mol. The van der Waals surface area contributed by atoms with Gasteiger partial charge in [0.05, 0.1) is 32.1 Å². The third kappa shape index (κ3) is 3.92. The molecule has 0 radical (unpaired) electrons. The fourth-order valence-corrected chi connectivity index (χ4v) is 3.34. The van der Waals surface area contributed by atoms with E-state index in [1.165, 1.54) is 4.57 Å². The number of ether oxygens (including phenoxy) is 2. The lowest BCUT2D eigenvalue weighted by molar-refractivity contribution is 0.155. The molecule has 30 heavy (non-hydrogen) atoms. The van der Waals surface area contributed by atoms with Gasteiger partial charge in [-0.1, -0.05) is 12.1 Å². The lowest BCUT2D eigenvalue weighted by Gasteiger charge is -2.14. The number of hydrogen-bond acceptors (Lipinski definition) is 5. The zero-order chi connectivity index (χ0) is 21.1. The molecular formula is C23H23N3O4. The van der Waals surface area contributed by atoms with E-state index in [-0.39, 0.29) is 12.1 Å². The van der Waals surface area contributed by atoms with Crippen molar-refractivity contribution in [1.82, 2.24) is 14.2 Å². The molecule has 0 spiro atoms. The second-order valence-electron chi connectivity index (χ2n) is 6.86. The van der Waals surface area contributed by atoms with E-state index in [1.54, 1.807) is 42.2 Å². The summed E-state index contributed by atoms with van der Waals surface area (Å²) in [5.74, 6) is 1.45. The first-order valence-electron chi connectivity index (χ1n) is 9.73. The second kappa shape index (κ2) is 8.42. The summed E-state index contributed by atoms with van der Waals surface area (Å²) in [5.41, 5.74) is 2.50. The molecule has 2 heterocycles. The van der Waals surface area contributed by atoms with E-state index in [9.17, 15) is 9.90 Å². The van der Waals surface area contributed by atoms with E-state index in [0.717, 1.165) is 11.3 Å². The maximum absolute atomic E-state index is 12.9. The molecule has 154 valence electrons. The first kappa shape index (κ1) is 19.7. The Bertz CT molecular complexity index is 1210. The van der Waals surface area contributed by atoms with E-state index < -0.39 is 6.10 Å². The van der Waals surface area contributed by atoms with Crippen molar-refractivity contribution in [2.75, 3.05) is 13.7 Å². The molecule has 0 saturated carbocycles. The van der Waals surface area contributed by atoms with Gasteiger partial charge in [-0.05, 0) is 55.0 Å². The normalized spacial score (nSPS) is 12.1. The number of fused-ring (bicyclic) bond motifs is 1. The van der Waals surface area contributed by atoms with Crippen molar-refractivity contribution >= 4 is 5.52 Å². The van der Waals surface area contributed by atoms with Gasteiger partial charge in [-0.25, -0.2) is 4.52 Å². The van der Waals surface area contributed by atoms with E-state index in [1.807, 2.05) is 43.3 Å². The van der Waals surface area contributed by atoms with Crippen molar-refractivity contribution in [3.8, 4) is 22.8 Å². The standard InChI is InChI=1S/C23H23N3O4/c1-3-30-18-9-7-16(8-10-18)20-14-21-23(28)25(11-12-26(21)24-20)15-22(27)17-5-4-6-19(13-17)29-2/h4-14,22,27H,3,15H2,1-2H3/t22-/m0/s1. The van der Waals surface area contributed by atoms with E-state index in [0.29, 0.717) is 29.1 Å². The van der Waals surface area contributed by atoms with Crippen LogP contribution in [0.15, 0.2) is 71.8 Å². The van der Waals surface area contributed by atoms with E-state index >= 15 is 0 Å². The molecule has 4 rings (SSSR count). The van der Waals surface area contributed by atoms with Crippen LogP contribution in [0.2, 0.25) is 0 Å². The molecule has 7 heteroatoms. The summed E-state index contributed by atoms with van der Waals surface area (Å²) in [6.45, 7) is 2.67. The maximum atomic E-state index is 12.9. The summed E-state index contributed by atoms with van der Waals surface area (Å²) in [7, 11) is 1.57. The number of aliphatic hydroxyl groups excluding tert-OH is 1. The molecule has 2 aromatic carbocycles. The molecule has 0 fully saturated rings. The largest absolute Gasteiger partial charge is 0.497 e. The van der Waals surface area contributed by atoms with Crippen LogP contribution in [0.1, 0.15) is 18.6 Å². The van der Waals surface area contributed by atoms with Crippen LogP contribution in [0.3, 0.4) is 0 Å². The van der Waals surface area contributed by atoms with Gasteiger partial charge in [0.25, 0.3) is 5.56 Å². The SMILES string of the molecule is CCOc1ccc(-c2cc3c(=O)n(C[C@H](O)c4cccc(OC)c4)ccn3n2)cc1. The third-order valence-corrected chi connectivity index (χ3v) is 4.91. The smallest absolute Gasteiger partial charge is 0.276 e. The molecule has 1 atom stereocenters. The summed E-state index contributed by atoms with van der Waals surface area (Å²) in [5, 5.41) is 15.1. The Kier molecular flexibility index (Phi) is 5.54. The molecule has 0 unspecified atom stereocenters. The van der Waals surface area contributed by atoms with Gasteiger partial charge < -0.3 is 19.1 Å². The molecule has 0 bridgehead atoms. The van der Waals surface area contributed by atoms with E-state index in [2.05, 4.69) is 5.10 Å². The van der Waals surface area contributed by atoms with Crippen LogP contribution >= 0.6 is 0 Å². The molecule has 4 aromatic rings. The summed E-state index contributed by atoms with van der Waals surface area (Å²) in [6, 6.07) is 16.5. The Morgan fingerprint density at radius 1 is 1.07 bits per heavy atom. The lowest BCUT2D eigenvalue weighted by atomic mass is 10.1. The summed E-state index contributed by atoms with van der Waals surface area (Å²) in [4.78, 5) is 12.9. The Balaban J connectivity index is 1.61. The zero-order valence-electron chi connectivity index (χ0n) is 16.9. The third-order valence-electron chi connectivity index (χ3n) is 4.91. The molecule has 0 aliphatic carbocycles. The Hall–Kier alpha value is -3.58. The molecule has 2 aromatic heterocycles. The first-order valence-corrected chi connectivity index (χ1v) is 9.73. The highest BCUT2D eigenvalue weighted by Gasteiger charge is 2.14. The Labute approximate surface area is 173 Å². The number of aromatic nitrogens is 3. The second-order valence-corrected chi connectivity index (χ2v) is 6.86. The minimum atomic E-state index is -0.839. The summed E-state index contributed by atoms with van der Waals surface area (Å²) in [6.07, 6.45) is 2.51. The Morgan fingerprint density at radius 3 is 2.60 bits per heavy atom. The maximum Gasteiger partial charge on any atom is 0.276 e. The first-order chi connectivity index (χ1) is 14.6. The highest BCUT2D eigenvalue weighted by molar-refractivity contribution is 5.66. The minimum Gasteiger partial charge on any atom is -0.497 e. The number of aliphatic hydroxyl groups is 1. The van der Waals surface area contributed by atoms with Crippen molar-refractivity contribution in [3.63, 3.8) is 0 Å². The van der Waals surface area contributed by atoms with E-state index in [4.69, 9.17) is 9.47 Å².